The lowest BCUT2D eigenvalue weighted by Crippen LogP contribution is -2.86. The average molecular weight is 230 g/mol. The molecule has 1 heterocycles. The van der Waals surface area contributed by atoms with Crippen molar-refractivity contribution in [3.63, 3.8) is 0 Å². The average Bonchev–Trinajstić information content (AvgIpc) is 2.29. The second kappa shape index (κ2) is 4.45. The predicted molar refractivity (Wildman–Crippen MR) is 55.1 cm³/mol. The van der Waals surface area contributed by atoms with Gasteiger partial charge in [-0.15, -0.1) is 0 Å². The lowest BCUT2D eigenvalue weighted by atomic mass is 9.90. The summed E-state index contributed by atoms with van der Waals surface area (Å²) in [5.41, 5.74) is 0.486. The topological polar surface area (TPSA) is 16.6 Å². The fourth-order valence-electron chi connectivity index (χ4n) is 2.20. The van der Waals surface area contributed by atoms with Gasteiger partial charge in [-0.1, -0.05) is 12.1 Å². The van der Waals surface area contributed by atoms with Gasteiger partial charge in [0.25, 0.3) is 0 Å². The molecule has 1 nitrogen and oxygen atoms in total. The molecular weight excluding hydrogens is 215 g/mol. The minimum atomic E-state index is -4.22. The highest BCUT2D eigenvalue weighted by molar-refractivity contribution is 5.27. The molecule has 0 amide bonds. The Labute approximate surface area is 92.7 Å². The molecule has 1 saturated heterocycles. The third-order valence-electron chi connectivity index (χ3n) is 3.15. The van der Waals surface area contributed by atoms with Crippen LogP contribution in [0, 0.1) is 0 Å². The standard InChI is InChI=1S/C12H14F3N/c13-12(14,15)11-3-1-9(2-4-11)10-5-7-16-8-6-10/h1-4,10,16H,5-8H2/p+1. The number of nitrogens with two attached hydrogens (primary N) is 1. The highest BCUT2D eigenvalue weighted by Gasteiger charge is 2.30. The third kappa shape index (κ3) is 2.55. The van der Waals surface area contributed by atoms with Crippen LogP contribution in [0.3, 0.4) is 0 Å². The second-order valence-electron chi connectivity index (χ2n) is 4.26. The van der Waals surface area contributed by atoms with E-state index < -0.39 is 11.7 Å². The molecule has 16 heavy (non-hydrogen) atoms. The van der Waals surface area contributed by atoms with E-state index in [0.29, 0.717) is 5.92 Å². The van der Waals surface area contributed by atoms with Crippen LogP contribution in [0.2, 0.25) is 0 Å². The van der Waals surface area contributed by atoms with Gasteiger partial charge < -0.3 is 5.32 Å². The fourth-order valence-corrected chi connectivity index (χ4v) is 2.20. The van der Waals surface area contributed by atoms with Crippen LogP contribution in [0.4, 0.5) is 13.2 Å². The van der Waals surface area contributed by atoms with E-state index in [9.17, 15) is 13.2 Å². The maximum atomic E-state index is 12.4. The zero-order valence-electron chi connectivity index (χ0n) is 8.93. The maximum absolute atomic E-state index is 12.4. The van der Waals surface area contributed by atoms with Crippen molar-refractivity contribution in [3.05, 3.63) is 35.4 Å². The normalized spacial score (nSPS) is 18.7. The fraction of sp³-hybridized carbons (Fsp3) is 0.500. The number of hydrogen-bond acceptors (Lipinski definition) is 0. The smallest absolute Gasteiger partial charge is 0.346 e. The molecule has 0 radical (unpaired) electrons. The molecule has 0 spiro atoms. The SMILES string of the molecule is FC(F)(F)c1ccc(C2CC[NH2+]CC2)cc1. The zero-order valence-corrected chi connectivity index (χ0v) is 8.93. The molecule has 0 atom stereocenters. The molecule has 1 aliphatic heterocycles. The van der Waals surface area contributed by atoms with Crippen LogP contribution in [0.5, 0.6) is 0 Å². The Morgan fingerprint density at radius 2 is 1.56 bits per heavy atom. The Kier molecular flexibility index (Phi) is 3.19. The van der Waals surface area contributed by atoms with Gasteiger partial charge in [-0.05, 0) is 23.6 Å². The number of hydrogen-bond donors (Lipinski definition) is 1. The van der Waals surface area contributed by atoms with E-state index in [1.165, 1.54) is 12.1 Å². The number of alkyl halides is 3. The molecule has 4 heteroatoms. The molecule has 1 fully saturated rings. The van der Waals surface area contributed by atoms with Crippen molar-refractivity contribution in [1.29, 1.82) is 0 Å². The number of benzene rings is 1. The first-order valence-electron chi connectivity index (χ1n) is 5.56. The van der Waals surface area contributed by atoms with Gasteiger partial charge in [-0.25, -0.2) is 0 Å². The van der Waals surface area contributed by atoms with Gasteiger partial charge in [0.05, 0.1) is 18.7 Å². The van der Waals surface area contributed by atoms with E-state index in [1.807, 2.05) is 0 Å². The summed E-state index contributed by atoms with van der Waals surface area (Å²) < 4.78 is 37.1. The first kappa shape index (κ1) is 11.5. The van der Waals surface area contributed by atoms with E-state index in [2.05, 4.69) is 5.32 Å². The van der Waals surface area contributed by atoms with Gasteiger partial charge in [0, 0.05) is 12.8 Å². The van der Waals surface area contributed by atoms with Crippen molar-refractivity contribution >= 4 is 0 Å². The van der Waals surface area contributed by atoms with Crippen molar-refractivity contribution in [2.45, 2.75) is 24.9 Å². The van der Waals surface area contributed by atoms with Crippen molar-refractivity contribution in [3.8, 4) is 0 Å². The third-order valence-corrected chi connectivity index (χ3v) is 3.15. The highest BCUT2D eigenvalue weighted by Crippen LogP contribution is 2.31. The van der Waals surface area contributed by atoms with Crippen LogP contribution in [0.1, 0.15) is 29.9 Å². The predicted octanol–water partition coefficient (Wildman–Crippen LogP) is 2.15. The van der Waals surface area contributed by atoms with Crippen molar-refractivity contribution in [2.24, 2.45) is 0 Å². The lowest BCUT2D eigenvalue weighted by Gasteiger charge is -2.21. The summed E-state index contributed by atoms with van der Waals surface area (Å²) in [6.45, 7) is 2.15. The first-order valence-corrected chi connectivity index (χ1v) is 5.56. The monoisotopic (exact) mass is 230 g/mol. The highest BCUT2D eigenvalue weighted by atomic mass is 19.4. The van der Waals surface area contributed by atoms with E-state index in [0.717, 1.165) is 31.5 Å². The summed E-state index contributed by atoms with van der Waals surface area (Å²) in [7, 11) is 0. The van der Waals surface area contributed by atoms with Crippen LogP contribution >= 0.6 is 0 Å². The number of quaternary nitrogens is 1. The van der Waals surface area contributed by atoms with Gasteiger partial charge in [0.15, 0.2) is 0 Å². The summed E-state index contributed by atoms with van der Waals surface area (Å²) in [5.74, 6) is 0.437. The summed E-state index contributed by atoms with van der Waals surface area (Å²) in [6, 6.07) is 5.62. The first-order chi connectivity index (χ1) is 7.57. The minimum Gasteiger partial charge on any atom is -0.346 e. The Morgan fingerprint density at radius 1 is 1.00 bits per heavy atom. The minimum absolute atomic E-state index is 0.437. The van der Waals surface area contributed by atoms with E-state index in [1.54, 1.807) is 12.1 Å². The molecule has 2 N–H and O–H groups in total. The molecule has 0 bridgehead atoms. The largest absolute Gasteiger partial charge is 0.416 e. The van der Waals surface area contributed by atoms with E-state index in [4.69, 9.17) is 0 Å². The van der Waals surface area contributed by atoms with Crippen LogP contribution in [-0.2, 0) is 6.18 Å². The van der Waals surface area contributed by atoms with Crippen LogP contribution in [0.25, 0.3) is 0 Å². The van der Waals surface area contributed by atoms with Crippen molar-refractivity contribution < 1.29 is 18.5 Å². The van der Waals surface area contributed by atoms with Crippen molar-refractivity contribution in [2.75, 3.05) is 13.1 Å². The quantitative estimate of drug-likeness (QED) is 0.761. The summed E-state index contributed by atoms with van der Waals surface area (Å²) >= 11 is 0. The van der Waals surface area contributed by atoms with Gasteiger partial charge in [0.1, 0.15) is 0 Å². The zero-order chi connectivity index (χ0) is 11.6. The Bertz CT molecular complexity index is 336. The van der Waals surface area contributed by atoms with Crippen LogP contribution in [-0.4, -0.2) is 13.1 Å². The van der Waals surface area contributed by atoms with E-state index in [-0.39, 0.29) is 0 Å². The number of piperidine rings is 1. The Hall–Kier alpha value is -1.03. The summed E-state index contributed by atoms with van der Waals surface area (Å²) in [4.78, 5) is 0. The van der Waals surface area contributed by atoms with Crippen LogP contribution in [0.15, 0.2) is 24.3 Å². The maximum Gasteiger partial charge on any atom is 0.416 e. The van der Waals surface area contributed by atoms with Crippen molar-refractivity contribution in [1.82, 2.24) is 0 Å². The molecular formula is C12H15F3N+. The van der Waals surface area contributed by atoms with E-state index >= 15 is 0 Å². The van der Waals surface area contributed by atoms with Gasteiger partial charge in [-0.3, -0.25) is 0 Å². The molecule has 1 aliphatic rings. The summed E-state index contributed by atoms with van der Waals surface area (Å²) in [6.07, 6.45) is -2.10. The number of rotatable bonds is 1. The number of halogens is 3. The molecule has 0 aliphatic carbocycles. The lowest BCUT2D eigenvalue weighted by molar-refractivity contribution is -0.663. The van der Waals surface area contributed by atoms with Gasteiger partial charge >= 0.3 is 6.18 Å². The van der Waals surface area contributed by atoms with Gasteiger partial charge in [0.2, 0.25) is 0 Å². The summed E-state index contributed by atoms with van der Waals surface area (Å²) in [5, 5.41) is 2.25. The second-order valence-corrected chi connectivity index (χ2v) is 4.26. The molecule has 0 aromatic heterocycles. The molecule has 1 aromatic carbocycles. The van der Waals surface area contributed by atoms with Crippen LogP contribution < -0.4 is 5.32 Å². The molecule has 0 saturated carbocycles. The Balaban J connectivity index is 2.12. The molecule has 88 valence electrons. The van der Waals surface area contributed by atoms with Gasteiger partial charge in [-0.2, -0.15) is 13.2 Å². The molecule has 1 aromatic rings. The molecule has 2 rings (SSSR count). The Morgan fingerprint density at radius 3 is 2.06 bits per heavy atom. The molecule has 0 unspecified atom stereocenters.